The highest BCUT2D eigenvalue weighted by molar-refractivity contribution is 7.42. The fourth-order valence-corrected chi connectivity index (χ4v) is 8.17. The highest BCUT2D eigenvalue weighted by Crippen LogP contribution is 2.43. The van der Waals surface area contributed by atoms with Crippen molar-refractivity contribution in [2.75, 3.05) is 0 Å². The van der Waals surface area contributed by atoms with Crippen LogP contribution in [0.5, 0.6) is 0 Å². The van der Waals surface area contributed by atoms with E-state index in [0.717, 1.165) is 0 Å². The lowest BCUT2D eigenvalue weighted by Crippen LogP contribution is -2.07. The highest BCUT2D eigenvalue weighted by atomic mass is 31.1. The molecule has 5 rings (SSSR count). The Labute approximate surface area is 218 Å². The zero-order valence-corrected chi connectivity index (χ0v) is 23.8. The topological polar surface area (TPSA) is 0 Å². The second-order valence-electron chi connectivity index (χ2n) is 9.90. The van der Waals surface area contributed by atoms with Crippen molar-refractivity contribution in [3.63, 3.8) is 0 Å². The van der Waals surface area contributed by atoms with Crippen LogP contribution in [0.3, 0.4) is 0 Å². The van der Waals surface area contributed by atoms with Crippen molar-refractivity contribution in [2.24, 2.45) is 0 Å². The third-order valence-corrected chi connectivity index (χ3v) is 10.2. The van der Waals surface area contributed by atoms with E-state index in [4.69, 9.17) is 0 Å². The van der Waals surface area contributed by atoms with Gasteiger partial charge in [-0.2, -0.15) is 0 Å². The lowest BCUT2D eigenvalue weighted by Gasteiger charge is -2.20. The molecule has 0 spiro atoms. The second kappa shape index (κ2) is 10.1. The first-order valence-corrected chi connectivity index (χ1v) is 14.3. The number of rotatable bonds is 4. The van der Waals surface area contributed by atoms with Crippen LogP contribution in [0.2, 0.25) is 0 Å². The fourth-order valence-electron chi connectivity index (χ4n) is 5.32. The first-order valence-electron chi connectivity index (χ1n) is 12.5. The molecule has 5 aromatic carbocycles. The van der Waals surface area contributed by atoms with E-state index in [9.17, 15) is 0 Å². The molecule has 0 aliphatic heterocycles. The van der Waals surface area contributed by atoms with Gasteiger partial charge >= 0.3 is 0 Å². The molecule has 0 radical (unpaired) electrons. The van der Waals surface area contributed by atoms with E-state index in [1.54, 1.807) is 0 Å². The molecule has 36 heavy (non-hydrogen) atoms. The molecule has 0 atom stereocenters. The predicted octanol–water partition coefficient (Wildman–Crippen LogP) is 9.35. The van der Waals surface area contributed by atoms with Crippen LogP contribution in [-0.4, -0.2) is 0 Å². The Kier molecular flexibility index (Phi) is 6.94. The summed E-state index contributed by atoms with van der Waals surface area (Å²) in [5.74, 6) is 0. The van der Waals surface area contributed by atoms with Crippen molar-refractivity contribution in [1.82, 2.24) is 0 Å². The summed E-state index contributed by atoms with van der Waals surface area (Å²) in [6, 6.07) is 31.2. The fraction of sp³-hybridized carbons (Fsp3) is 0.176. The predicted molar refractivity (Wildman–Crippen MR) is 161 cm³/mol. The van der Waals surface area contributed by atoms with Gasteiger partial charge in [0.1, 0.15) is 0 Å². The van der Waals surface area contributed by atoms with E-state index in [1.165, 1.54) is 92.5 Å². The first kappa shape index (κ1) is 24.6. The van der Waals surface area contributed by atoms with Crippen LogP contribution in [0.15, 0.2) is 84.9 Å². The summed E-state index contributed by atoms with van der Waals surface area (Å²) >= 11 is 0. The minimum Gasteiger partial charge on any atom is -0.0622 e. The van der Waals surface area contributed by atoms with Crippen molar-refractivity contribution in [3.05, 3.63) is 128 Å². The smallest absolute Gasteiger partial charge is 0.0234 e. The van der Waals surface area contributed by atoms with Gasteiger partial charge in [-0.3, -0.25) is 0 Å². The number of hydrogen-bond donors (Lipinski definition) is 0. The van der Waals surface area contributed by atoms with Gasteiger partial charge in [-0.15, -0.1) is 0 Å². The maximum absolute atomic E-state index is 2.32. The van der Waals surface area contributed by atoms with E-state index < -0.39 is 0 Å². The van der Waals surface area contributed by atoms with Gasteiger partial charge in [0, 0.05) is 31.6 Å². The molecule has 0 amide bonds. The Balaban J connectivity index is 1.92. The number of benzene rings is 4. The quantitative estimate of drug-likeness (QED) is 0.215. The van der Waals surface area contributed by atoms with Crippen LogP contribution >= 0.6 is 16.4 Å². The zero-order chi connectivity index (χ0) is 25.4. The summed E-state index contributed by atoms with van der Waals surface area (Å²) in [4.78, 5) is 2.91. The van der Waals surface area contributed by atoms with Gasteiger partial charge < -0.3 is 0 Å². The normalized spacial score (nSPS) is 12.5. The molecule has 178 valence electrons. The lowest BCUT2D eigenvalue weighted by molar-refractivity contribution is 1.35. The average Bonchev–Trinajstić information content (AvgIpc) is 2.83. The van der Waals surface area contributed by atoms with Crippen LogP contribution in [0.1, 0.15) is 33.4 Å². The van der Waals surface area contributed by atoms with Crippen LogP contribution in [0, 0.1) is 51.4 Å². The molecule has 5 aromatic rings. The molecule has 0 bridgehead atoms. The molecule has 2 heteroatoms. The van der Waals surface area contributed by atoms with Gasteiger partial charge in [0.25, 0.3) is 0 Å². The molecule has 0 unspecified atom stereocenters. The molecule has 0 aliphatic rings. The Morgan fingerprint density at radius 2 is 0.722 bits per heavy atom. The Morgan fingerprint density at radius 1 is 0.417 bits per heavy atom. The number of aryl methyl sites for hydroxylation is 6. The van der Waals surface area contributed by atoms with Gasteiger partial charge in [0.2, 0.25) is 0 Å². The summed E-state index contributed by atoms with van der Waals surface area (Å²) < 4.78 is 0. The molecule has 0 aromatic heterocycles. The summed E-state index contributed by atoms with van der Waals surface area (Å²) in [5.41, 5.74) is 13.6. The monoisotopic (exact) mass is 502 g/mol. The maximum Gasteiger partial charge on any atom is 0.0234 e. The van der Waals surface area contributed by atoms with Crippen molar-refractivity contribution in [1.29, 1.82) is 0 Å². The van der Waals surface area contributed by atoms with Crippen LogP contribution in [-0.2, 0) is 0 Å². The van der Waals surface area contributed by atoms with Crippen molar-refractivity contribution < 1.29 is 0 Å². The summed E-state index contributed by atoms with van der Waals surface area (Å²) in [6.07, 6.45) is 0. The Morgan fingerprint density at radius 3 is 1.03 bits per heavy atom. The first-order chi connectivity index (χ1) is 17.3. The van der Waals surface area contributed by atoms with E-state index in [-0.39, 0.29) is 0 Å². The molecule has 0 saturated carbocycles. The largest absolute Gasteiger partial charge is 0.0622 e. The molecule has 0 heterocycles. The second-order valence-corrected chi connectivity index (χ2v) is 12.1. The lowest BCUT2D eigenvalue weighted by atomic mass is 9.90. The van der Waals surface area contributed by atoms with Crippen molar-refractivity contribution >= 4 is 27.0 Å². The summed E-state index contributed by atoms with van der Waals surface area (Å²) in [7, 11) is 2.58. The SMILES string of the molecule is Cc1cc(C)c(P=c2c(-c3ccccc3)c(-c3ccccc3)c2=Pc2c(C)cc(C)cc2C)c(C)c1. The standard InChI is InChI=1S/C34H32P2/c1-21-17-23(3)31(24(4)18-21)35-33-29(27-13-9-7-10-14-27)30(28-15-11-8-12-16-28)34(33)36-32-25(5)19-22(2)20-26(32)6/h7-20H,1-6H3. The van der Waals surface area contributed by atoms with Crippen LogP contribution < -0.4 is 10.6 Å². The molecule has 0 saturated heterocycles. The highest BCUT2D eigenvalue weighted by Gasteiger charge is 2.20. The van der Waals surface area contributed by atoms with Gasteiger partial charge in [-0.1, -0.05) is 112 Å². The minimum absolute atomic E-state index is 1.29. The Hall–Kier alpha value is -3.04. The minimum atomic E-state index is 1.29. The van der Waals surface area contributed by atoms with Crippen molar-refractivity contribution in [3.8, 4) is 22.3 Å². The molecular formula is C34H32P2. The Bertz CT molecular complexity index is 1490. The van der Waals surface area contributed by atoms with Crippen molar-refractivity contribution in [2.45, 2.75) is 41.5 Å². The zero-order valence-electron chi connectivity index (χ0n) is 22.0. The molecular weight excluding hydrogens is 470 g/mol. The maximum atomic E-state index is 2.32. The molecule has 0 N–H and O–H groups in total. The van der Waals surface area contributed by atoms with Crippen LogP contribution in [0.4, 0.5) is 0 Å². The van der Waals surface area contributed by atoms with Gasteiger partial charge in [0.15, 0.2) is 0 Å². The van der Waals surface area contributed by atoms with E-state index in [2.05, 4.69) is 126 Å². The average molecular weight is 503 g/mol. The third kappa shape index (κ3) is 4.69. The van der Waals surface area contributed by atoms with E-state index in [1.807, 2.05) is 0 Å². The van der Waals surface area contributed by atoms with E-state index in [0.29, 0.717) is 0 Å². The van der Waals surface area contributed by atoms with Gasteiger partial charge in [0.05, 0.1) is 0 Å². The van der Waals surface area contributed by atoms with Gasteiger partial charge in [-0.25, -0.2) is 0 Å². The van der Waals surface area contributed by atoms with Gasteiger partial charge in [-0.05, 0) is 74.9 Å². The number of hydrogen-bond acceptors (Lipinski definition) is 0. The molecule has 0 aliphatic carbocycles. The molecule has 0 nitrogen and oxygen atoms in total. The summed E-state index contributed by atoms with van der Waals surface area (Å²) in [6.45, 7) is 13.4. The molecule has 0 fully saturated rings. The third-order valence-electron chi connectivity index (χ3n) is 6.79. The van der Waals surface area contributed by atoms with E-state index >= 15 is 0 Å². The van der Waals surface area contributed by atoms with Crippen LogP contribution in [0.25, 0.3) is 22.3 Å². The summed E-state index contributed by atoms with van der Waals surface area (Å²) in [5, 5.41) is 2.86.